The van der Waals surface area contributed by atoms with Crippen molar-refractivity contribution in [2.75, 3.05) is 11.4 Å². The lowest BCUT2D eigenvalue weighted by atomic mass is 9.78. The van der Waals surface area contributed by atoms with Gasteiger partial charge in [-0.1, -0.05) is 18.2 Å². The van der Waals surface area contributed by atoms with Crippen LogP contribution in [0.4, 0.5) is 5.69 Å². The predicted octanol–water partition coefficient (Wildman–Crippen LogP) is 8.04. The molecule has 214 valence electrons. The van der Waals surface area contributed by atoms with Gasteiger partial charge in [-0.05, 0) is 129 Å². The number of fused-ring (bicyclic) bond motifs is 1. The number of thiophene rings is 1. The summed E-state index contributed by atoms with van der Waals surface area (Å²) in [6, 6.07) is 20.1. The van der Waals surface area contributed by atoms with E-state index in [0.717, 1.165) is 69.5 Å². The number of carbonyl (C=O) groups is 1. The van der Waals surface area contributed by atoms with Crippen LogP contribution in [0.1, 0.15) is 86.5 Å². The summed E-state index contributed by atoms with van der Waals surface area (Å²) in [4.78, 5) is 19.0. The van der Waals surface area contributed by atoms with Crippen molar-refractivity contribution in [3.8, 4) is 10.4 Å². The third-order valence-electron chi connectivity index (χ3n) is 9.89. The molecule has 3 aliphatic rings. The normalized spacial score (nSPS) is 24.9. The van der Waals surface area contributed by atoms with Crippen LogP contribution >= 0.6 is 11.3 Å². The van der Waals surface area contributed by atoms with Crippen LogP contribution in [0.25, 0.3) is 21.3 Å². The lowest BCUT2D eigenvalue weighted by molar-refractivity contribution is -0.124. The van der Waals surface area contributed by atoms with Gasteiger partial charge in [0.05, 0.1) is 17.8 Å². The van der Waals surface area contributed by atoms with Gasteiger partial charge in [-0.25, -0.2) is 0 Å². The van der Waals surface area contributed by atoms with Gasteiger partial charge in [-0.3, -0.25) is 9.48 Å². The molecule has 7 rings (SSSR count). The van der Waals surface area contributed by atoms with E-state index in [1.807, 2.05) is 29.3 Å². The van der Waals surface area contributed by atoms with Gasteiger partial charge in [0.2, 0.25) is 5.91 Å². The van der Waals surface area contributed by atoms with Crippen LogP contribution < -0.4 is 4.90 Å². The van der Waals surface area contributed by atoms with Crippen molar-refractivity contribution in [3.05, 3.63) is 71.2 Å². The molecule has 0 spiro atoms. The van der Waals surface area contributed by atoms with Gasteiger partial charge in [0.25, 0.3) is 0 Å². The molecule has 3 aliphatic carbocycles. The van der Waals surface area contributed by atoms with Gasteiger partial charge >= 0.3 is 0 Å². The number of carbonyl (C=O) groups excluding carboxylic acids is 1. The smallest absolute Gasteiger partial charge is 0.230 e. The second-order valence-corrected chi connectivity index (χ2v) is 13.9. The second kappa shape index (κ2) is 11.4. The van der Waals surface area contributed by atoms with Crippen LogP contribution in [-0.2, 0) is 11.8 Å². The van der Waals surface area contributed by atoms with Crippen molar-refractivity contribution in [1.82, 2.24) is 9.78 Å². The molecule has 1 amide bonds. The van der Waals surface area contributed by atoms with E-state index in [4.69, 9.17) is 0 Å². The average Bonchev–Trinajstić information content (AvgIpc) is 3.62. The van der Waals surface area contributed by atoms with Crippen molar-refractivity contribution in [2.45, 2.75) is 82.1 Å². The highest BCUT2D eigenvalue weighted by Crippen LogP contribution is 2.45. The number of aryl methyl sites for hydroxylation is 1. The van der Waals surface area contributed by atoms with Crippen LogP contribution in [0.2, 0.25) is 0 Å². The molecule has 2 aromatic carbocycles. The van der Waals surface area contributed by atoms with Crippen LogP contribution in [0.15, 0.2) is 60.8 Å². The molecule has 1 N–H and O–H groups in total. The molecule has 0 radical (unpaired) electrons. The third-order valence-corrected chi connectivity index (χ3v) is 11.2. The topological polar surface area (TPSA) is 58.4 Å². The number of aromatic nitrogens is 2. The Hall–Kier alpha value is -2.96. The lowest BCUT2D eigenvalue weighted by Crippen LogP contribution is -2.41. The summed E-state index contributed by atoms with van der Waals surface area (Å²) < 4.78 is 1.94. The molecule has 0 aliphatic heterocycles. The van der Waals surface area contributed by atoms with Gasteiger partial charge in [-0.15, -0.1) is 11.3 Å². The zero-order valence-electron chi connectivity index (χ0n) is 24.0. The number of benzene rings is 2. The fraction of sp³-hybridized carbons (Fsp3) is 0.486. The number of anilines is 1. The fourth-order valence-electron chi connectivity index (χ4n) is 7.16. The molecule has 5 nitrogen and oxygen atoms in total. The summed E-state index contributed by atoms with van der Waals surface area (Å²) in [5.74, 6) is 2.09. The Morgan fingerprint density at radius 2 is 1.71 bits per heavy atom. The van der Waals surface area contributed by atoms with E-state index < -0.39 is 0 Å². The maximum atomic E-state index is 14.1. The Morgan fingerprint density at radius 3 is 2.49 bits per heavy atom. The summed E-state index contributed by atoms with van der Waals surface area (Å²) in [6.07, 6.45) is 12.0. The summed E-state index contributed by atoms with van der Waals surface area (Å²) >= 11 is 1.91. The van der Waals surface area contributed by atoms with E-state index in [1.54, 1.807) is 0 Å². The Balaban J connectivity index is 1.09. The van der Waals surface area contributed by atoms with Gasteiger partial charge in [0.1, 0.15) is 0 Å². The van der Waals surface area contributed by atoms with Crippen molar-refractivity contribution in [1.29, 1.82) is 0 Å². The van der Waals surface area contributed by atoms with Crippen LogP contribution in [0, 0.1) is 11.8 Å². The molecule has 0 atom stereocenters. The van der Waals surface area contributed by atoms with E-state index in [2.05, 4.69) is 64.6 Å². The zero-order chi connectivity index (χ0) is 27.9. The van der Waals surface area contributed by atoms with Gasteiger partial charge in [0.15, 0.2) is 0 Å². The number of hydrogen-bond acceptors (Lipinski definition) is 4. The number of rotatable bonds is 7. The third kappa shape index (κ3) is 5.74. The molecule has 0 unspecified atom stereocenters. The molecule has 0 bridgehead atoms. The van der Waals surface area contributed by atoms with E-state index in [1.165, 1.54) is 44.6 Å². The highest BCUT2D eigenvalue weighted by atomic mass is 32.1. The predicted molar refractivity (Wildman–Crippen MR) is 167 cm³/mol. The maximum absolute atomic E-state index is 14.1. The molecule has 0 saturated heterocycles. The van der Waals surface area contributed by atoms with E-state index >= 15 is 0 Å². The van der Waals surface area contributed by atoms with Crippen molar-refractivity contribution in [2.24, 2.45) is 18.9 Å². The van der Waals surface area contributed by atoms with Crippen LogP contribution in [-0.4, -0.2) is 33.4 Å². The number of aliphatic hydroxyl groups is 1. The van der Waals surface area contributed by atoms with E-state index in [9.17, 15) is 9.90 Å². The molecular weight excluding hydrogens is 526 g/mol. The van der Waals surface area contributed by atoms with E-state index in [-0.39, 0.29) is 17.9 Å². The molecule has 3 saturated carbocycles. The van der Waals surface area contributed by atoms with Crippen molar-refractivity contribution < 1.29 is 9.90 Å². The van der Waals surface area contributed by atoms with Crippen molar-refractivity contribution in [3.63, 3.8) is 0 Å². The molecule has 2 heterocycles. The highest BCUT2D eigenvalue weighted by molar-refractivity contribution is 7.15. The Labute approximate surface area is 247 Å². The first-order valence-corrected chi connectivity index (χ1v) is 16.4. The maximum Gasteiger partial charge on any atom is 0.230 e. The number of amides is 1. The Kier molecular flexibility index (Phi) is 7.46. The first-order valence-electron chi connectivity index (χ1n) is 15.6. The molecular formula is C35H41N3O2S. The quantitative estimate of drug-likeness (QED) is 0.246. The molecule has 6 heteroatoms. The molecule has 4 aromatic rings. The molecule has 2 aromatic heterocycles. The zero-order valence-corrected chi connectivity index (χ0v) is 24.9. The monoisotopic (exact) mass is 567 g/mol. The van der Waals surface area contributed by atoms with Crippen LogP contribution in [0.3, 0.4) is 0 Å². The van der Waals surface area contributed by atoms with Crippen LogP contribution in [0.5, 0.6) is 0 Å². The summed E-state index contributed by atoms with van der Waals surface area (Å²) in [5, 5.41) is 15.7. The lowest BCUT2D eigenvalue weighted by Gasteiger charge is -2.36. The largest absolute Gasteiger partial charge is 0.393 e. The summed E-state index contributed by atoms with van der Waals surface area (Å²) in [5.41, 5.74) is 4.85. The number of hydrogen-bond donors (Lipinski definition) is 1. The first kappa shape index (κ1) is 26.9. The summed E-state index contributed by atoms with van der Waals surface area (Å²) in [7, 11) is 2.00. The van der Waals surface area contributed by atoms with E-state index in [0.29, 0.717) is 11.8 Å². The SMILES string of the molecule is Cn1ncc2cc(C3CCC(CN(C(=O)C4CCC(O)CC4)c4cccc(-c5ccc(C6CC6)s5)c4)CC3)ccc21. The minimum absolute atomic E-state index is 0.00723. The van der Waals surface area contributed by atoms with Gasteiger partial charge in [0, 0.05) is 40.3 Å². The van der Waals surface area contributed by atoms with Gasteiger partial charge in [-0.2, -0.15) is 5.10 Å². The molecule has 3 fully saturated rings. The Bertz CT molecular complexity index is 1520. The first-order chi connectivity index (χ1) is 20.0. The fourth-order valence-corrected chi connectivity index (χ4v) is 8.33. The van der Waals surface area contributed by atoms with Gasteiger partial charge < -0.3 is 10.0 Å². The minimum Gasteiger partial charge on any atom is -0.393 e. The van der Waals surface area contributed by atoms with Crippen molar-refractivity contribution >= 4 is 33.8 Å². The Morgan fingerprint density at radius 1 is 0.927 bits per heavy atom. The standard InChI is InChI=1S/C35H41N3O2S/c1-37-32-16-13-27(19-29(32)21-36-37)24-7-5-23(6-8-24)22-38(35(40)26-11-14-31(39)15-12-26)30-4-2-3-28(20-30)34-18-17-33(41-34)25-9-10-25/h2-4,13,16-21,23-26,31,39H,5-12,14-15,22H2,1H3. The molecule has 41 heavy (non-hydrogen) atoms. The average molecular weight is 568 g/mol. The highest BCUT2D eigenvalue weighted by Gasteiger charge is 2.32. The summed E-state index contributed by atoms with van der Waals surface area (Å²) in [6.45, 7) is 0.785. The number of nitrogens with zero attached hydrogens (tertiary/aromatic N) is 3. The number of aliphatic hydroxyl groups excluding tert-OH is 1. The minimum atomic E-state index is -0.253. The second-order valence-electron chi connectivity index (χ2n) is 12.8.